The first-order valence-corrected chi connectivity index (χ1v) is 6.25. The van der Waals surface area contributed by atoms with Crippen molar-refractivity contribution in [2.24, 2.45) is 0 Å². The molecule has 0 heterocycles. The van der Waals surface area contributed by atoms with E-state index in [-0.39, 0.29) is 5.91 Å². The minimum absolute atomic E-state index is 0.0522. The summed E-state index contributed by atoms with van der Waals surface area (Å²) in [6.45, 7) is 4.49. The molecule has 0 aliphatic heterocycles. The Bertz CT molecular complexity index is 568. The van der Waals surface area contributed by atoms with E-state index in [1.165, 1.54) is 0 Å². The van der Waals surface area contributed by atoms with E-state index < -0.39 is 0 Å². The van der Waals surface area contributed by atoms with E-state index in [1.807, 2.05) is 50.2 Å². The Hall–Kier alpha value is -2.29. The SMILES string of the molecule is Cc1cc(C)cc(C(=O)NCc2ccc(N)cc2)c1. The summed E-state index contributed by atoms with van der Waals surface area (Å²) in [7, 11) is 0. The molecule has 1 amide bonds. The highest BCUT2D eigenvalue weighted by atomic mass is 16.1. The zero-order chi connectivity index (χ0) is 13.8. The van der Waals surface area contributed by atoms with Gasteiger partial charge in [-0.25, -0.2) is 0 Å². The molecule has 2 aromatic carbocycles. The van der Waals surface area contributed by atoms with Crippen LogP contribution in [0, 0.1) is 13.8 Å². The van der Waals surface area contributed by atoms with Gasteiger partial charge in [-0.05, 0) is 43.7 Å². The van der Waals surface area contributed by atoms with Crippen LogP contribution in [0.5, 0.6) is 0 Å². The number of carbonyl (C=O) groups excluding carboxylic acids is 1. The summed E-state index contributed by atoms with van der Waals surface area (Å²) in [4.78, 5) is 12.1. The fourth-order valence-electron chi connectivity index (χ4n) is 2.03. The summed E-state index contributed by atoms with van der Waals surface area (Å²) in [5, 5.41) is 2.91. The highest BCUT2D eigenvalue weighted by Gasteiger charge is 2.06. The fraction of sp³-hybridized carbons (Fsp3) is 0.188. The van der Waals surface area contributed by atoms with E-state index in [0.717, 1.165) is 22.4 Å². The topological polar surface area (TPSA) is 55.1 Å². The maximum absolute atomic E-state index is 12.1. The van der Waals surface area contributed by atoms with Crippen LogP contribution in [0.1, 0.15) is 27.0 Å². The van der Waals surface area contributed by atoms with Crippen LogP contribution in [0.3, 0.4) is 0 Å². The number of amides is 1. The number of anilines is 1. The standard InChI is InChI=1S/C16H18N2O/c1-11-7-12(2)9-14(8-11)16(19)18-10-13-3-5-15(17)6-4-13/h3-9H,10,17H2,1-2H3,(H,18,19). The van der Waals surface area contributed by atoms with E-state index in [1.54, 1.807) is 0 Å². The van der Waals surface area contributed by atoms with Gasteiger partial charge in [-0.1, -0.05) is 29.3 Å². The van der Waals surface area contributed by atoms with Gasteiger partial charge in [0, 0.05) is 17.8 Å². The van der Waals surface area contributed by atoms with Crippen LogP contribution in [0.2, 0.25) is 0 Å². The fourth-order valence-corrected chi connectivity index (χ4v) is 2.03. The number of hydrogen-bond acceptors (Lipinski definition) is 2. The van der Waals surface area contributed by atoms with Crippen molar-refractivity contribution in [1.82, 2.24) is 5.32 Å². The molecule has 98 valence electrons. The van der Waals surface area contributed by atoms with Gasteiger partial charge in [-0.15, -0.1) is 0 Å². The van der Waals surface area contributed by atoms with Gasteiger partial charge in [0.25, 0.3) is 5.91 Å². The Balaban J connectivity index is 2.03. The molecule has 0 aliphatic carbocycles. The molecule has 0 saturated carbocycles. The zero-order valence-electron chi connectivity index (χ0n) is 11.2. The second kappa shape index (κ2) is 5.57. The van der Waals surface area contributed by atoms with Gasteiger partial charge in [-0.2, -0.15) is 0 Å². The highest BCUT2D eigenvalue weighted by Crippen LogP contribution is 2.09. The molecule has 2 rings (SSSR count). The molecule has 0 aromatic heterocycles. The number of carbonyl (C=O) groups is 1. The lowest BCUT2D eigenvalue weighted by Crippen LogP contribution is -2.22. The second-order valence-electron chi connectivity index (χ2n) is 4.80. The van der Waals surface area contributed by atoms with Crippen molar-refractivity contribution >= 4 is 11.6 Å². The molecule has 0 atom stereocenters. The quantitative estimate of drug-likeness (QED) is 0.827. The summed E-state index contributed by atoms with van der Waals surface area (Å²) in [5.74, 6) is -0.0522. The van der Waals surface area contributed by atoms with Crippen LogP contribution in [0.25, 0.3) is 0 Å². The molecular formula is C16H18N2O. The minimum atomic E-state index is -0.0522. The normalized spacial score (nSPS) is 10.2. The first kappa shape index (κ1) is 13.1. The number of benzene rings is 2. The molecule has 0 spiro atoms. The number of nitrogens with two attached hydrogens (primary N) is 1. The predicted octanol–water partition coefficient (Wildman–Crippen LogP) is 2.82. The van der Waals surface area contributed by atoms with E-state index in [4.69, 9.17) is 5.73 Å². The Labute approximate surface area is 113 Å². The molecule has 3 nitrogen and oxygen atoms in total. The van der Waals surface area contributed by atoms with Gasteiger partial charge in [0.1, 0.15) is 0 Å². The molecule has 0 fully saturated rings. The lowest BCUT2D eigenvalue weighted by Gasteiger charge is -2.07. The maximum atomic E-state index is 12.1. The third kappa shape index (κ3) is 3.58. The van der Waals surface area contributed by atoms with Gasteiger partial charge >= 0.3 is 0 Å². The monoisotopic (exact) mass is 254 g/mol. The second-order valence-corrected chi connectivity index (χ2v) is 4.80. The van der Waals surface area contributed by atoms with Gasteiger partial charge in [0.2, 0.25) is 0 Å². The van der Waals surface area contributed by atoms with Crippen LogP contribution in [0.15, 0.2) is 42.5 Å². The minimum Gasteiger partial charge on any atom is -0.399 e. The third-order valence-corrected chi connectivity index (χ3v) is 2.92. The van der Waals surface area contributed by atoms with E-state index in [9.17, 15) is 4.79 Å². The maximum Gasteiger partial charge on any atom is 0.251 e. The Morgan fingerprint density at radius 3 is 2.21 bits per heavy atom. The molecule has 0 bridgehead atoms. The lowest BCUT2D eigenvalue weighted by molar-refractivity contribution is 0.0950. The van der Waals surface area contributed by atoms with Gasteiger partial charge in [-0.3, -0.25) is 4.79 Å². The van der Waals surface area contributed by atoms with E-state index >= 15 is 0 Å². The van der Waals surface area contributed by atoms with E-state index in [2.05, 4.69) is 11.4 Å². The zero-order valence-corrected chi connectivity index (χ0v) is 11.2. The van der Waals surface area contributed by atoms with Gasteiger partial charge in [0.15, 0.2) is 0 Å². The van der Waals surface area contributed by atoms with Crippen molar-refractivity contribution in [2.75, 3.05) is 5.73 Å². The Kier molecular flexibility index (Phi) is 3.85. The third-order valence-electron chi connectivity index (χ3n) is 2.92. The van der Waals surface area contributed by atoms with Gasteiger partial charge in [0.05, 0.1) is 0 Å². The summed E-state index contributed by atoms with van der Waals surface area (Å²) >= 11 is 0. The van der Waals surface area contributed by atoms with Crippen molar-refractivity contribution in [3.05, 3.63) is 64.7 Å². The van der Waals surface area contributed by atoms with Gasteiger partial charge < -0.3 is 11.1 Å². The van der Waals surface area contributed by atoms with Crippen molar-refractivity contribution in [3.8, 4) is 0 Å². The van der Waals surface area contributed by atoms with Crippen LogP contribution in [-0.4, -0.2) is 5.91 Å². The predicted molar refractivity (Wildman–Crippen MR) is 77.9 cm³/mol. The van der Waals surface area contributed by atoms with E-state index in [0.29, 0.717) is 12.1 Å². The number of rotatable bonds is 3. The van der Waals surface area contributed by atoms with Crippen molar-refractivity contribution in [2.45, 2.75) is 20.4 Å². The first-order chi connectivity index (χ1) is 9.04. The average Bonchev–Trinajstić information content (AvgIpc) is 2.36. The average molecular weight is 254 g/mol. The molecule has 19 heavy (non-hydrogen) atoms. The Morgan fingerprint density at radius 1 is 1.05 bits per heavy atom. The number of nitrogens with one attached hydrogen (secondary N) is 1. The van der Waals surface area contributed by atoms with Crippen LogP contribution in [0.4, 0.5) is 5.69 Å². The lowest BCUT2D eigenvalue weighted by atomic mass is 10.1. The van der Waals surface area contributed by atoms with Crippen molar-refractivity contribution in [3.63, 3.8) is 0 Å². The summed E-state index contributed by atoms with van der Waals surface area (Å²) in [6.07, 6.45) is 0. The van der Waals surface area contributed by atoms with Crippen molar-refractivity contribution in [1.29, 1.82) is 0 Å². The largest absolute Gasteiger partial charge is 0.399 e. The Morgan fingerprint density at radius 2 is 1.63 bits per heavy atom. The van der Waals surface area contributed by atoms with Crippen molar-refractivity contribution < 1.29 is 4.79 Å². The molecular weight excluding hydrogens is 236 g/mol. The smallest absolute Gasteiger partial charge is 0.251 e. The molecule has 3 heteroatoms. The number of aryl methyl sites for hydroxylation is 2. The molecule has 0 unspecified atom stereocenters. The molecule has 0 saturated heterocycles. The van der Waals surface area contributed by atoms with Crippen LogP contribution < -0.4 is 11.1 Å². The highest BCUT2D eigenvalue weighted by molar-refractivity contribution is 5.94. The summed E-state index contributed by atoms with van der Waals surface area (Å²) < 4.78 is 0. The number of nitrogen functional groups attached to an aromatic ring is 1. The molecule has 2 aromatic rings. The molecule has 0 radical (unpaired) electrons. The van der Waals surface area contributed by atoms with Crippen LogP contribution >= 0.6 is 0 Å². The molecule has 0 aliphatic rings. The summed E-state index contributed by atoms with van der Waals surface area (Å²) in [5.41, 5.74) is 10.3. The molecule has 3 N–H and O–H groups in total. The number of hydrogen-bond donors (Lipinski definition) is 2. The first-order valence-electron chi connectivity index (χ1n) is 6.25. The summed E-state index contributed by atoms with van der Waals surface area (Å²) in [6, 6.07) is 13.3. The van der Waals surface area contributed by atoms with Crippen LogP contribution in [-0.2, 0) is 6.54 Å².